The minimum absolute atomic E-state index is 0.133. The molecule has 0 amide bonds. The molecule has 0 aliphatic rings. The summed E-state index contributed by atoms with van der Waals surface area (Å²) >= 11 is 10.4. The molecule has 4 nitrogen and oxygen atoms in total. The first-order valence-corrected chi connectivity index (χ1v) is 8.95. The molecular weight excluding hydrogens is 324 g/mol. The molecule has 0 fully saturated rings. The van der Waals surface area contributed by atoms with Crippen molar-refractivity contribution in [2.45, 2.75) is 31.5 Å². The molecule has 2 atom stereocenters. The van der Waals surface area contributed by atoms with Crippen LogP contribution in [0.1, 0.15) is 20.8 Å². The molecule has 2 unspecified atom stereocenters. The van der Waals surface area contributed by atoms with Crippen LogP contribution in [-0.2, 0) is 19.1 Å². The van der Waals surface area contributed by atoms with Gasteiger partial charge in [0.25, 0.3) is 0 Å². The van der Waals surface area contributed by atoms with Gasteiger partial charge in [0.2, 0.25) is 0 Å². The lowest BCUT2D eigenvalue weighted by atomic mass is 10.5. The monoisotopic (exact) mass is 346 g/mol. The summed E-state index contributed by atoms with van der Waals surface area (Å²) in [6.07, 6.45) is 0. The third-order valence-corrected chi connectivity index (χ3v) is 4.06. The molecule has 0 aromatic carbocycles. The van der Waals surface area contributed by atoms with E-state index in [1.54, 1.807) is 11.8 Å². The third-order valence-electron chi connectivity index (χ3n) is 1.67. The number of ether oxygens (including phenoxy) is 2. The topological polar surface area (TPSA) is 52.6 Å². The lowest BCUT2D eigenvalue weighted by Crippen LogP contribution is -2.16. The molecule has 0 saturated carbocycles. The smallest absolute Gasteiger partial charge is 0.318 e. The van der Waals surface area contributed by atoms with Gasteiger partial charge in [-0.25, -0.2) is 0 Å². The van der Waals surface area contributed by atoms with Crippen molar-refractivity contribution in [2.75, 3.05) is 23.7 Å². The molecule has 0 saturated heterocycles. The summed E-state index contributed by atoms with van der Waals surface area (Å²) in [7, 11) is 1.39. The second-order valence-corrected chi connectivity index (χ2v) is 7.21. The van der Waals surface area contributed by atoms with Crippen molar-refractivity contribution in [3.63, 3.8) is 0 Å². The quantitative estimate of drug-likeness (QED) is 0.320. The highest BCUT2D eigenvalue weighted by molar-refractivity contribution is 8.03. The Labute approximate surface area is 135 Å². The first-order valence-electron chi connectivity index (χ1n) is 5.59. The number of hydrogen-bond donors (Lipinski definition) is 2. The predicted molar refractivity (Wildman–Crippen MR) is 90.5 cm³/mol. The van der Waals surface area contributed by atoms with Gasteiger partial charge in [-0.3, -0.25) is 9.59 Å². The molecule has 0 radical (unpaired) electrons. The highest BCUT2D eigenvalue weighted by Gasteiger charge is 2.13. The van der Waals surface area contributed by atoms with Gasteiger partial charge in [0.05, 0.1) is 12.4 Å². The van der Waals surface area contributed by atoms with Gasteiger partial charge in [0, 0.05) is 23.5 Å². The molecule has 8 heteroatoms. The standard InChI is InChI=1S/C10H18O4S2.CH4S2/c1-7(10(12)13-4)15-5-6-16-9(3)14-8(2)11;2-1-3/h7,9H,5-6H2,1-4H3;2-3H,1H2. The summed E-state index contributed by atoms with van der Waals surface area (Å²) in [5.41, 5.74) is -0.133. The first kappa shape index (κ1) is 21.6. The van der Waals surface area contributed by atoms with E-state index < -0.39 is 0 Å². The summed E-state index contributed by atoms with van der Waals surface area (Å²) in [4.78, 5) is 21.7. The Balaban J connectivity index is 0. The van der Waals surface area contributed by atoms with E-state index >= 15 is 0 Å². The molecule has 0 spiro atoms. The Kier molecular flexibility index (Phi) is 16.8. The van der Waals surface area contributed by atoms with Crippen molar-refractivity contribution in [2.24, 2.45) is 0 Å². The van der Waals surface area contributed by atoms with E-state index in [0.29, 0.717) is 5.08 Å². The van der Waals surface area contributed by atoms with Crippen molar-refractivity contribution < 1.29 is 19.1 Å². The molecule has 0 aliphatic carbocycles. The van der Waals surface area contributed by atoms with Gasteiger partial charge in [-0.2, -0.15) is 25.3 Å². The van der Waals surface area contributed by atoms with Gasteiger partial charge in [0.15, 0.2) is 0 Å². The predicted octanol–water partition coefficient (Wildman–Crippen LogP) is 2.73. The van der Waals surface area contributed by atoms with Gasteiger partial charge in [-0.05, 0) is 13.8 Å². The van der Waals surface area contributed by atoms with Gasteiger partial charge in [-0.1, -0.05) is 0 Å². The van der Waals surface area contributed by atoms with E-state index in [1.165, 1.54) is 25.8 Å². The van der Waals surface area contributed by atoms with E-state index in [0.717, 1.165) is 11.5 Å². The molecular formula is C11H22O4S4. The summed E-state index contributed by atoms with van der Waals surface area (Å²) in [6, 6.07) is 0. The Hall–Kier alpha value is 0.340. The van der Waals surface area contributed by atoms with Gasteiger partial charge >= 0.3 is 11.9 Å². The average molecular weight is 347 g/mol. The lowest BCUT2D eigenvalue weighted by molar-refractivity contribution is -0.142. The maximum Gasteiger partial charge on any atom is 0.318 e. The zero-order chi connectivity index (χ0) is 15.3. The largest absolute Gasteiger partial charge is 0.468 e. The first-order chi connectivity index (χ1) is 8.88. The number of thiol groups is 2. The number of methoxy groups -OCH3 is 1. The fourth-order valence-electron chi connectivity index (χ4n) is 0.941. The van der Waals surface area contributed by atoms with Crippen LogP contribution >= 0.6 is 48.8 Å². The van der Waals surface area contributed by atoms with E-state index in [1.807, 2.05) is 13.8 Å². The maximum atomic E-state index is 11.1. The Morgan fingerprint density at radius 1 is 1.16 bits per heavy atom. The Morgan fingerprint density at radius 2 is 1.63 bits per heavy atom. The van der Waals surface area contributed by atoms with E-state index in [4.69, 9.17) is 4.74 Å². The average Bonchev–Trinajstić information content (AvgIpc) is 2.33. The molecule has 0 aromatic rings. The molecule has 114 valence electrons. The highest BCUT2D eigenvalue weighted by atomic mass is 32.2. The van der Waals surface area contributed by atoms with Crippen LogP contribution < -0.4 is 0 Å². The molecule has 19 heavy (non-hydrogen) atoms. The number of carbonyl (C=O) groups is 2. The number of rotatable bonds is 7. The fraction of sp³-hybridized carbons (Fsp3) is 0.818. The van der Waals surface area contributed by atoms with Crippen LogP contribution in [0.3, 0.4) is 0 Å². The highest BCUT2D eigenvalue weighted by Crippen LogP contribution is 2.17. The number of carbonyl (C=O) groups excluding carboxylic acids is 2. The van der Waals surface area contributed by atoms with Crippen LogP contribution in [0.5, 0.6) is 0 Å². The van der Waals surface area contributed by atoms with Crippen molar-refractivity contribution in [3.05, 3.63) is 0 Å². The summed E-state index contributed by atoms with van der Waals surface area (Å²) in [6.45, 7) is 5.04. The van der Waals surface area contributed by atoms with Crippen LogP contribution in [0.25, 0.3) is 0 Å². The summed E-state index contributed by atoms with van der Waals surface area (Å²) in [5, 5.41) is 0.495. The van der Waals surface area contributed by atoms with Crippen LogP contribution in [0.4, 0.5) is 0 Å². The lowest BCUT2D eigenvalue weighted by Gasteiger charge is -2.12. The molecule has 0 bridgehead atoms. The van der Waals surface area contributed by atoms with Crippen molar-refractivity contribution in [1.29, 1.82) is 0 Å². The maximum absolute atomic E-state index is 11.1. The fourth-order valence-corrected chi connectivity index (χ4v) is 2.83. The second kappa shape index (κ2) is 14.7. The van der Waals surface area contributed by atoms with Crippen LogP contribution in [-0.4, -0.2) is 46.3 Å². The van der Waals surface area contributed by atoms with Gasteiger partial charge < -0.3 is 9.47 Å². The van der Waals surface area contributed by atoms with E-state index in [-0.39, 0.29) is 22.6 Å². The van der Waals surface area contributed by atoms with Gasteiger partial charge in [0.1, 0.15) is 5.44 Å². The minimum atomic E-state index is -0.268. The van der Waals surface area contributed by atoms with Crippen molar-refractivity contribution in [1.82, 2.24) is 0 Å². The molecule has 0 heterocycles. The summed E-state index contributed by atoms with van der Waals surface area (Å²) in [5.74, 6) is 1.19. The van der Waals surface area contributed by atoms with Crippen LogP contribution in [0.15, 0.2) is 0 Å². The van der Waals surface area contributed by atoms with Crippen molar-refractivity contribution in [3.8, 4) is 0 Å². The number of thioether (sulfide) groups is 2. The van der Waals surface area contributed by atoms with Crippen LogP contribution in [0.2, 0.25) is 0 Å². The van der Waals surface area contributed by atoms with Crippen LogP contribution in [0, 0.1) is 0 Å². The Bertz CT molecular complexity index is 251. The third kappa shape index (κ3) is 16.3. The molecule has 0 aromatic heterocycles. The minimum Gasteiger partial charge on any atom is -0.468 e. The molecule has 0 N–H and O–H groups in total. The number of hydrogen-bond acceptors (Lipinski definition) is 8. The van der Waals surface area contributed by atoms with Crippen molar-refractivity contribution >= 4 is 60.7 Å². The molecule has 0 rings (SSSR count). The molecule has 0 aliphatic heterocycles. The zero-order valence-corrected chi connectivity index (χ0v) is 15.0. The van der Waals surface area contributed by atoms with Gasteiger partial charge in [-0.15, -0.1) is 23.5 Å². The Morgan fingerprint density at radius 3 is 2.05 bits per heavy atom. The summed E-state index contributed by atoms with van der Waals surface area (Å²) < 4.78 is 9.56. The SMILES string of the molecule is COC(=O)C(C)SCCSC(C)OC(C)=O.SCS. The number of esters is 2. The van der Waals surface area contributed by atoms with E-state index in [9.17, 15) is 9.59 Å². The zero-order valence-electron chi connectivity index (χ0n) is 11.6. The van der Waals surface area contributed by atoms with E-state index in [2.05, 4.69) is 30.0 Å². The normalized spacial score (nSPS) is 12.7. The second-order valence-electron chi connectivity index (χ2n) is 3.23.